The lowest BCUT2D eigenvalue weighted by molar-refractivity contribution is 0.127. The average Bonchev–Trinajstić information content (AvgIpc) is 2.37. The summed E-state index contributed by atoms with van der Waals surface area (Å²) in [7, 11) is 0. The first kappa shape index (κ1) is 12.9. The van der Waals surface area contributed by atoms with E-state index in [2.05, 4.69) is 16.0 Å². The van der Waals surface area contributed by atoms with Gasteiger partial charge in [-0.25, -0.2) is 9.59 Å². The van der Waals surface area contributed by atoms with Gasteiger partial charge in [-0.3, -0.25) is 16.4 Å². The Bertz CT molecular complexity index is 503. The SMILES string of the molecule is NC1(NC(=O)OCc2ccccc2)C=CNC(=O)N1. The summed E-state index contributed by atoms with van der Waals surface area (Å²) >= 11 is 0. The maximum atomic E-state index is 11.6. The molecule has 5 N–H and O–H groups in total. The van der Waals surface area contributed by atoms with Gasteiger partial charge in [0.15, 0.2) is 5.79 Å². The van der Waals surface area contributed by atoms with Crippen molar-refractivity contribution in [2.75, 3.05) is 0 Å². The molecule has 0 fully saturated rings. The second-order valence-corrected chi connectivity index (χ2v) is 3.99. The second-order valence-electron chi connectivity index (χ2n) is 3.99. The van der Waals surface area contributed by atoms with Crippen molar-refractivity contribution in [2.45, 2.75) is 12.4 Å². The Kier molecular flexibility index (Phi) is 3.67. The third kappa shape index (κ3) is 3.71. The number of carbonyl (C=O) groups is 2. The molecule has 1 unspecified atom stereocenters. The van der Waals surface area contributed by atoms with E-state index in [0.717, 1.165) is 5.56 Å². The number of amides is 3. The van der Waals surface area contributed by atoms with E-state index >= 15 is 0 Å². The number of benzene rings is 1. The number of carbonyl (C=O) groups excluding carboxylic acids is 2. The predicted octanol–water partition coefficient (Wildman–Crippen LogP) is 0.352. The molecular weight excluding hydrogens is 248 g/mol. The van der Waals surface area contributed by atoms with Gasteiger partial charge in [0.2, 0.25) is 0 Å². The molecule has 0 saturated carbocycles. The van der Waals surface area contributed by atoms with Crippen LogP contribution in [0.4, 0.5) is 9.59 Å². The van der Waals surface area contributed by atoms with E-state index in [1.165, 1.54) is 12.3 Å². The molecule has 1 aromatic rings. The van der Waals surface area contributed by atoms with Crippen molar-refractivity contribution in [3.05, 3.63) is 48.2 Å². The molecule has 1 aliphatic rings. The van der Waals surface area contributed by atoms with Crippen LogP contribution in [0.1, 0.15) is 5.56 Å². The minimum Gasteiger partial charge on any atom is -0.445 e. The van der Waals surface area contributed by atoms with Gasteiger partial charge in [-0.2, -0.15) is 0 Å². The van der Waals surface area contributed by atoms with Gasteiger partial charge in [0.05, 0.1) is 0 Å². The lowest BCUT2D eigenvalue weighted by atomic mass is 10.2. The number of rotatable bonds is 3. The summed E-state index contributed by atoms with van der Waals surface area (Å²) < 4.78 is 5.00. The number of hydrogen-bond donors (Lipinski definition) is 4. The van der Waals surface area contributed by atoms with Gasteiger partial charge in [0.25, 0.3) is 0 Å². The van der Waals surface area contributed by atoms with E-state index in [1.54, 1.807) is 0 Å². The largest absolute Gasteiger partial charge is 0.445 e. The third-order valence-electron chi connectivity index (χ3n) is 2.40. The minimum atomic E-state index is -1.45. The monoisotopic (exact) mass is 262 g/mol. The highest BCUT2D eigenvalue weighted by molar-refractivity contribution is 5.79. The summed E-state index contributed by atoms with van der Waals surface area (Å²) in [4.78, 5) is 22.7. The molecule has 1 aliphatic heterocycles. The Morgan fingerprint density at radius 2 is 2.11 bits per heavy atom. The van der Waals surface area contributed by atoms with Crippen molar-refractivity contribution in [3.63, 3.8) is 0 Å². The molecule has 0 spiro atoms. The summed E-state index contributed by atoms with van der Waals surface area (Å²) in [5, 5.41) is 7.07. The van der Waals surface area contributed by atoms with Crippen LogP contribution in [0.3, 0.4) is 0 Å². The number of nitrogens with two attached hydrogens (primary N) is 1. The lowest BCUT2D eigenvalue weighted by Gasteiger charge is -2.30. The Hall–Kier alpha value is -2.54. The molecule has 0 aromatic heterocycles. The normalized spacial score (nSPS) is 21.2. The number of urea groups is 1. The Morgan fingerprint density at radius 1 is 1.37 bits per heavy atom. The fraction of sp³-hybridized carbons (Fsp3) is 0.167. The fourth-order valence-corrected chi connectivity index (χ4v) is 1.52. The first-order chi connectivity index (χ1) is 9.07. The van der Waals surface area contributed by atoms with Crippen LogP contribution in [-0.4, -0.2) is 17.9 Å². The van der Waals surface area contributed by atoms with Gasteiger partial charge in [0.1, 0.15) is 6.61 Å². The molecule has 3 amide bonds. The zero-order valence-electron chi connectivity index (χ0n) is 10.1. The molecule has 0 bridgehead atoms. The van der Waals surface area contributed by atoms with Crippen molar-refractivity contribution in [2.24, 2.45) is 5.73 Å². The molecule has 100 valence electrons. The van der Waals surface area contributed by atoms with Crippen LogP contribution in [0, 0.1) is 0 Å². The molecule has 1 aromatic carbocycles. The highest BCUT2D eigenvalue weighted by Gasteiger charge is 2.29. The van der Waals surface area contributed by atoms with Crippen LogP contribution in [0.2, 0.25) is 0 Å². The summed E-state index contributed by atoms with van der Waals surface area (Å²) in [5.74, 6) is -1.45. The molecule has 7 heteroatoms. The van der Waals surface area contributed by atoms with Crippen LogP contribution in [0.25, 0.3) is 0 Å². The number of nitrogens with one attached hydrogen (secondary N) is 3. The van der Waals surface area contributed by atoms with Gasteiger partial charge >= 0.3 is 12.1 Å². The van der Waals surface area contributed by atoms with Crippen molar-refractivity contribution in [1.29, 1.82) is 0 Å². The van der Waals surface area contributed by atoms with Crippen LogP contribution >= 0.6 is 0 Å². The number of alkyl carbamates (subject to hydrolysis) is 1. The highest BCUT2D eigenvalue weighted by Crippen LogP contribution is 2.02. The van der Waals surface area contributed by atoms with Gasteiger partial charge in [-0.15, -0.1) is 0 Å². The van der Waals surface area contributed by atoms with Gasteiger partial charge < -0.3 is 10.1 Å². The molecule has 19 heavy (non-hydrogen) atoms. The predicted molar refractivity (Wildman–Crippen MR) is 67.5 cm³/mol. The fourth-order valence-electron chi connectivity index (χ4n) is 1.52. The molecule has 7 nitrogen and oxygen atoms in total. The van der Waals surface area contributed by atoms with Crippen molar-refractivity contribution >= 4 is 12.1 Å². The van der Waals surface area contributed by atoms with Crippen molar-refractivity contribution < 1.29 is 14.3 Å². The molecule has 1 heterocycles. The lowest BCUT2D eigenvalue weighted by Crippen LogP contribution is -2.68. The maximum absolute atomic E-state index is 11.6. The maximum Gasteiger partial charge on any atom is 0.410 e. The molecule has 0 aliphatic carbocycles. The first-order valence-corrected chi connectivity index (χ1v) is 5.61. The standard InChI is InChI=1S/C12H14N4O3/c13-12(6-7-14-10(17)15-12)16-11(18)19-8-9-4-2-1-3-5-9/h1-7H,8,13H2,(H,16,18)(H2,14,15,17). The Balaban J connectivity index is 1.86. The van der Waals surface area contributed by atoms with Gasteiger partial charge in [-0.05, 0) is 11.6 Å². The zero-order valence-corrected chi connectivity index (χ0v) is 10.1. The van der Waals surface area contributed by atoms with Crippen LogP contribution in [-0.2, 0) is 11.3 Å². The highest BCUT2D eigenvalue weighted by atomic mass is 16.5. The zero-order chi connectivity index (χ0) is 13.7. The van der Waals surface area contributed by atoms with Gasteiger partial charge in [0, 0.05) is 6.20 Å². The van der Waals surface area contributed by atoms with Crippen LogP contribution in [0.15, 0.2) is 42.6 Å². The summed E-state index contributed by atoms with van der Waals surface area (Å²) in [6.07, 6.45) is 2.02. The smallest absolute Gasteiger partial charge is 0.410 e. The van der Waals surface area contributed by atoms with Crippen LogP contribution in [0.5, 0.6) is 0 Å². The topological polar surface area (TPSA) is 105 Å². The summed E-state index contributed by atoms with van der Waals surface area (Å²) in [5.41, 5.74) is 6.60. The average molecular weight is 262 g/mol. The van der Waals surface area contributed by atoms with E-state index < -0.39 is 17.9 Å². The molecular formula is C12H14N4O3. The Labute approximate surface area is 109 Å². The van der Waals surface area contributed by atoms with Crippen molar-refractivity contribution in [3.8, 4) is 0 Å². The van der Waals surface area contributed by atoms with Crippen LogP contribution < -0.4 is 21.7 Å². The van der Waals surface area contributed by atoms with E-state index in [4.69, 9.17) is 10.5 Å². The van der Waals surface area contributed by atoms with E-state index in [9.17, 15) is 9.59 Å². The summed E-state index contributed by atoms with van der Waals surface area (Å²) in [6.45, 7) is 0.124. The van der Waals surface area contributed by atoms with E-state index in [0.29, 0.717) is 0 Å². The molecule has 1 atom stereocenters. The Morgan fingerprint density at radius 3 is 2.79 bits per heavy atom. The third-order valence-corrected chi connectivity index (χ3v) is 2.40. The molecule has 0 saturated heterocycles. The van der Waals surface area contributed by atoms with E-state index in [-0.39, 0.29) is 6.61 Å². The number of ether oxygens (including phenoxy) is 1. The summed E-state index contributed by atoms with van der Waals surface area (Å²) in [6, 6.07) is 8.71. The molecule has 0 radical (unpaired) electrons. The minimum absolute atomic E-state index is 0.124. The molecule has 2 rings (SSSR count). The quantitative estimate of drug-likeness (QED) is 0.590. The first-order valence-electron chi connectivity index (χ1n) is 5.61. The van der Waals surface area contributed by atoms with Gasteiger partial charge in [-0.1, -0.05) is 30.3 Å². The van der Waals surface area contributed by atoms with E-state index in [1.807, 2.05) is 30.3 Å². The number of hydrogen-bond acceptors (Lipinski definition) is 4. The van der Waals surface area contributed by atoms with Crippen molar-refractivity contribution in [1.82, 2.24) is 16.0 Å². The second kappa shape index (κ2) is 5.40.